The van der Waals surface area contributed by atoms with Crippen molar-refractivity contribution in [2.45, 2.75) is 19.4 Å². The average molecular weight is 297 g/mol. The van der Waals surface area contributed by atoms with Crippen LogP contribution in [0.3, 0.4) is 0 Å². The summed E-state index contributed by atoms with van der Waals surface area (Å²) in [6.45, 7) is 0.834. The van der Waals surface area contributed by atoms with E-state index in [1.807, 2.05) is 12.3 Å². The minimum atomic E-state index is 0.183. The number of pyridine rings is 1. The molecule has 0 aromatic carbocycles. The van der Waals surface area contributed by atoms with E-state index in [1.165, 1.54) is 0 Å². The van der Waals surface area contributed by atoms with E-state index in [0.29, 0.717) is 6.54 Å². The highest BCUT2D eigenvalue weighted by atomic mass is 79.9. The predicted molar refractivity (Wildman–Crippen MR) is 66.5 cm³/mol. The summed E-state index contributed by atoms with van der Waals surface area (Å²) in [6, 6.07) is 2.00. The van der Waals surface area contributed by atoms with Crippen molar-refractivity contribution in [3.63, 3.8) is 0 Å². The molecule has 0 spiro atoms. The molecule has 0 aliphatic rings. The van der Waals surface area contributed by atoms with Crippen LogP contribution in [0, 0.1) is 0 Å². The third-order valence-electron chi connectivity index (χ3n) is 2.28. The molecule has 0 fully saturated rings. The van der Waals surface area contributed by atoms with Crippen molar-refractivity contribution in [1.29, 1.82) is 0 Å². The molecule has 1 N–H and O–H groups in total. The van der Waals surface area contributed by atoms with Crippen molar-refractivity contribution in [1.82, 2.24) is 20.0 Å². The summed E-state index contributed by atoms with van der Waals surface area (Å²) in [5.41, 5.74) is 1.97. The Hall–Kier alpha value is -1.27. The van der Waals surface area contributed by atoms with Gasteiger partial charge in [-0.1, -0.05) is 5.21 Å². The van der Waals surface area contributed by atoms with E-state index in [4.69, 9.17) is 5.11 Å². The van der Waals surface area contributed by atoms with Crippen LogP contribution in [0.15, 0.2) is 29.1 Å². The molecule has 5 nitrogen and oxygen atoms in total. The van der Waals surface area contributed by atoms with E-state index in [2.05, 4.69) is 31.2 Å². The van der Waals surface area contributed by atoms with Crippen LogP contribution in [0.2, 0.25) is 0 Å². The zero-order chi connectivity index (χ0) is 12.1. The summed E-state index contributed by atoms with van der Waals surface area (Å²) < 4.78 is 2.73. The lowest BCUT2D eigenvalue weighted by molar-refractivity contribution is 0.288. The third kappa shape index (κ3) is 3.61. The number of nitrogens with zero attached hydrogens (tertiary/aromatic N) is 4. The first-order valence-electron chi connectivity index (χ1n) is 5.37. The van der Waals surface area contributed by atoms with Crippen LogP contribution in [0.25, 0.3) is 0 Å². The first-order valence-corrected chi connectivity index (χ1v) is 6.16. The molecule has 17 heavy (non-hydrogen) atoms. The highest BCUT2D eigenvalue weighted by molar-refractivity contribution is 9.10. The largest absolute Gasteiger partial charge is 0.396 e. The Balaban J connectivity index is 2.01. The highest BCUT2D eigenvalue weighted by Gasteiger charge is 2.02. The lowest BCUT2D eigenvalue weighted by atomic mass is 10.2. The normalized spacial score (nSPS) is 10.7. The van der Waals surface area contributed by atoms with Crippen molar-refractivity contribution in [2.75, 3.05) is 6.61 Å². The Morgan fingerprint density at radius 3 is 3.00 bits per heavy atom. The Morgan fingerprint density at radius 2 is 2.24 bits per heavy atom. The SMILES string of the molecule is OCCCc1cn(Cc2cncc(Br)c2)nn1. The molecule has 6 heteroatoms. The van der Waals surface area contributed by atoms with Crippen LogP contribution in [-0.2, 0) is 13.0 Å². The van der Waals surface area contributed by atoms with Gasteiger partial charge in [0.15, 0.2) is 0 Å². The van der Waals surface area contributed by atoms with E-state index < -0.39 is 0 Å². The van der Waals surface area contributed by atoms with E-state index in [1.54, 1.807) is 17.1 Å². The van der Waals surface area contributed by atoms with Crippen LogP contribution >= 0.6 is 15.9 Å². The molecule has 90 valence electrons. The fourth-order valence-electron chi connectivity index (χ4n) is 1.52. The van der Waals surface area contributed by atoms with Gasteiger partial charge < -0.3 is 5.11 Å². The number of aromatic nitrogens is 4. The maximum absolute atomic E-state index is 8.73. The fourth-order valence-corrected chi connectivity index (χ4v) is 1.93. The zero-order valence-electron chi connectivity index (χ0n) is 9.25. The molecule has 0 amide bonds. The molecule has 0 saturated carbocycles. The van der Waals surface area contributed by atoms with Gasteiger partial charge in [-0.15, -0.1) is 5.10 Å². The Labute approximate surface area is 108 Å². The molecule has 0 bridgehead atoms. The van der Waals surface area contributed by atoms with Gasteiger partial charge in [0.1, 0.15) is 0 Å². The van der Waals surface area contributed by atoms with Gasteiger partial charge in [-0.2, -0.15) is 0 Å². The van der Waals surface area contributed by atoms with E-state index in [-0.39, 0.29) is 6.61 Å². The molecule has 2 rings (SSSR count). The standard InChI is InChI=1S/C11H13BrN4O/c12-10-4-9(5-13-6-10)7-16-8-11(14-15-16)2-1-3-17/h4-6,8,17H,1-3,7H2. The molecule has 0 unspecified atom stereocenters. The summed E-state index contributed by atoms with van der Waals surface area (Å²) in [5.74, 6) is 0. The first-order chi connectivity index (χ1) is 8.28. The smallest absolute Gasteiger partial charge is 0.0828 e. The molecule has 2 aromatic heterocycles. The minimum absolute atomic E-state index is 0.183. The van der Waals surface area contributed by atoms with Crippen LogP contribution in [0.5, 0.6) is 0 Å². The Kier molecular flexibility index (Phi) is 4.22. The van der Waals surface area contributed by atoms with Gasteiger partial charge in [-0.3, -0.25) is 4.98 Å². The third-order valence-corrected chi connectivity index (χ3v) is 2.72. The van der Waals surface area contributed by atoms with Gasteiger partial charge in [0, 0.05) is 29.7 Å². The molecule has 0 atom stereocenters. The topological polar surface area (TPSA) is 63.8 Å². The fraction of sp³-hybridized carbons (Fsp3) is 0.364. The second-order valence-electron chi connectivity index (χ2n) is 3.75. The average Bonchev–Trinajstić information content (AvgIpc) is 2.74. The van der Waals surface area contributed by atoms with Crippen molar-refractivity contribution >= 4 is 15.9 Å². The molecule has 2 heterocycles. The van der Waals surface area contributed by atoms with Crippen LogP contribution in [-0.4, -0.2) is 31.7 Å². The van der Waals surface area contributed by atoms with Crippen molar-refractivity contribution in [2.24, 2.45) is 0 Å². The molecular weight excluding hydrogens is 284 g/mol. The molecule has 0 radical (unpaired) electrons. The van der Waals surface area contributed by atoms with E-state index in [0.717, 1.165) is 28.6 Å². The lowest BCUT2D eigenvalue weighted by Gasteiger charge is -2.00. The zero-order valence-corrected chi connectivity index (χ0v) is 10.8. The quantitative estimate of drug-likeness (QED) is 0.906. The van der Waals surface area contributed by atoms with E-state index in [9.17, 15) is 0 Å². The summed E-state index contributed by atoms with van der Waals surface area (Å²) in [6.07, 6.45) is 6.93. The summed E-state index contributed by atoms with van der Waals surface area (Å²) in [7, 11) is 0. The molecule has 0 aliphatic heterocycles. The number of halogens is 1. The number of aryl methyl sites for hydroxylation is 1. The van der Waals surface area contributed by atoms with Crippen molar-refractivity contribution in [3.05, 3.63) is 40.4 Å². The minimum Gasteiger partial charge on any atom is -0.396 e. The van der Waals surface area contributed by atoms with Crippen molar-refractivity contribution in [3.8, 4) is 0 Å². The van der Waals surface area contributed by atoms with E-state index >= 15 is 0 Å². The molecule has 0 saturated heterocycles. The number of aliphatic hydroxyl groups excluding tert-OH is 1. The van der Waals surface area contributed by atoms with Gasteiger partial charge in [0.25, 0.3) is 0 Å². The number of hydrogen-bond acceptors (Lipinski definition) is 4. The maximum Gasteiger partial charge on any atom is 0.0828 e. The lowest BCUT2D eigenvalue weighted by Crippen LogP contribution is -2.00. The predicted octanol–water partition coefficient (Wildman–Crippen LogP) is 1.41. The number of aliphatic hydroxyl groups is 1. The summed E-state index contributed by atoms with van der Waals surface area (Å²) >= 11 is 3.38. The second kappa shape index (κ2) is 5.88. The number of hydrogen-bond donors (Lipinski definition) is 1. The van der Waals surface area contributed by atoms with Crippen molar-refractivity contribution < 1.29 is 5.11 Å². The van der Waals surface area contributed by atoms with Gasteiger partial charge in [0.05, 0.1) is 12.2 Å². The second-order valence-corrected chi connectivity index (χ2v) is 4.66. The monoisotopic (exact) mass is 296 g/mol. The Morgan fingerprint density at radius 1 is 1.35 bits per heavy atom. The molecule has 2 aromatic rings. The van der Waals surface area contributed by atoms with Crippen LogP contribution in [0.4, 0.5) is 0 Å². The maximum atomic E-state index is 8.73. The van der Waals surface area contributed by atoms with Crippen LogP contribution in [0.1, 0.15) is 17.7 Å². The summed E-state index contributed by atoms with van der Waals surface area (Å²) in [4.78, 5) is 4.10. The number of rotatable bonds is 5. The van der Waals surface area contributed by atoms with Gasteiger partial charge in [0.2, 0.25) is 0 Å². The van der Waals surface area contributed by atoms with Gasteiger partial charge in [-0.05, 0) is 40.4 Å². The molecular formula is C11H13BrN4O. The summed E-state index contributed by atoms with van der Waals surface area (Å²) in [5, 5.41) is 16.8. The van der Waals surface area contributed by atoms with Gasteiger partial charge >= 0.3 is 0 Å². The first kappa shape index (κ1) is 12.2. The van der Waals surface area contributed by atoms with Gasteiger partial charge in [-0.25, -0.2) is 4.68 Å². The Bertz CT molecular complexity index is 486. The highest BCUT2D eigenvalue weighted by Crippen LogP contribution is 2.10. The molecule has 0 aliphatic carbocycles. The van der Waals surface area contributed by atoms with Crippen LogP contribution < -0.4 is 0 Å².